The van der Waals surface area contributed by atoms with E-state index < -0.39 is 41.3 Å². The van der Waals surface area contributed by atoms with Crippen molar-refractivity contribution in [3.63, 3.8) is 0 Å². The Balaban J connectivity index is 1.63. The van der Waals surface area contributed by atoms with Crippen LogP contribution in [0.4, 0.5) is 32.0 Å². The summed E-state index contributed by atoms with van der Waals surface area (Å²) in [5.74, 6) is -1.25. The van der Waals surface area contributed by atoms with Gasteiger partial charge in [-0.2, -0.15) is 31.8 Å². The molecular weight excluding hydrogens is 478 g/mol. The lowest BCUT2D eigenvalue weighted by Crippen LogP contribution is -2.59. The normalized spacial score (nSPS) is 19.2. The van der Waals surface area contributed by atoms with Crippen LogP contribution in [0.2, 0.25) is 0 Å². The molecule has 0 spiro atoms. The Hall–Kier alpha value is -3.05. The van der Waals surface area contributed by atoms with E-state index in [1.54, 1.807) is 6.08 Å². The molecule has 1 unspecified atom stereocenters. The molecule has 1 atom stereocenters. The summed E-state index contributed by atoms with van der Waals surface area (Å²) in [6.45, 7) is 0.478. The zero-order chi connectivity index (χ0) is 25.5. The Morgan fingerprint density at radius 2 is 1.69 bits per heavy atom. The number of halogens is 6. The summed E-state index contributed by atoms with van der Waals surface area (Å²) in [6, 6.07) is 10.1. The number of rotatable bonds is 6. The maximum absolute atomic E-state index is 14.1. The van der Waals surface area contributed by atoms with Gasteiger partial charge in [-0.3, -0.25) is 4.79 Å². The van der Waals surface area contributed by atoms with E-state index in [0.717, 1.165) is 18.2 Å². The molecule has 2 aromatic carbocycles. The van der Waals surface area contributed by atoms with E-state index in [4.69, 9.17) is 4.84 Å². The molecule has 1 fully saturated rings. The van der Waals surface area contributed by atoms with Crippen molar-refractivity contribution in [3.8, 4) is 0 Å². The second-order valence-corrected chi connectivity index (χ2v) is 8.76. The van der Waals surface area contributed by atoms with Crippen LogP contribution in [0.15, 0.2) is 54.6 Å². The predicted octanol–water partition coefficient (Wildman–Crippen LogP) is 5.33. The summed E-state index contributed by atoms with van der Waals surface area (Å²) in [6.07, 6.45) is -9.39. The molecule has 0 aromatic heterocycles. The first-order chi connectivity index (χ1) is 16.4. The smallest absolute Gasteiger partial charge is 0.408 e. The summed E-state index contributed by atoms with van der Waals surface area (Å²) in [7, 11) is 0. The van der Waals surface area contributed by atoms with Crippen LogP contribution in [0.25, 0.3) is 5.76 Å². The van der Waals surface area contributed by atoms with Gasteiger partial charge in [0, 0.05) is 17.7 Å². The molecule has 188 valence electrons. The molecule has 1 aliphatic carbocycles. The number of hydrogen-bond acceptors (Lipinski definition) is 4. The summed E-state index contributed by atoms with van der Waals surface area (Å²) in [5, 5.41) is 12.8. The molecule has 3 N–H and O–H groups in total. The SMILES string of the molecule is O=C(Nc1ccc(C2=CCNO2)cc1)C(O)(CC1(c2ccccc2C(F)(F)F)CCC1)C(F)(F)F. The van der Waals surface area contributed by atoms with Crippen molar-refractivity contribution in [1.29, 1.82) is 0 Å². The Morgan fingerprint density at radius 3 is 2.20 bits per heavy atom. The van der Waals surface area contributed by atoms with Gasteiger partial charge in [0.2, 0.25) is 5.60 Å². The molecule has 0 radical (unpaired) electrons. The van der Waals surface area contributed by atoms with Crippen molar-refractivity contribution < 1.29 is 41.1 Å². The second kappa shape index (κ2) is 8.87. The molecule has 1 saturated carbocycles. The van der Waals surface area contributed by atoms with E-state index in [1.165, 1.54) is 30.3 Å². The highest BCUT2D eigenvalue weighted by Crippen LogP contribution is 2.54. The number of alkyl halides is 6. The zero-order valence-electron chi connectivity index (χ0n) is 18.3. The average molecular weight is 500 g/mol. The zero-order valence-corrected chi connectivity index (χ0v) is 18.3. The first-order valence-corrected chi connectivity index (χ1v) is 10.8. The molecule has 2 aromatic rings. The molecule has 11 heteroatoms. The van der Waals surface area contributed by atoms with Gasteiger partial charge in [0.05, 0.1) is 12.1 Å². The Labute approximate surface area is 196 Å². The van der Waals surface area contributed by atoms with Crippen LogP contribution in [-0.2, 0) is 21.2 Å². The minimum atomic E-state index is -5.43. The average Bonchev–Trinajstić information content (AvgIpc) is 3.30. The minimum absolute atomic E-state index is 0.0219. The van der Waals surface area contributed by atoms with Gasteiger partial charge >= 0.3 is 12.4 Å². The number of carbonyl (C=O) groups is 1. The minimum Gasteiger partial charge on any atom is -0.408 e. The van der Waals surface area contributed by atoms with Crippen molar-refractivity contribution >= 4 is 17.4 Å². The number of carbonyl (C=O) groups excluding carboxylic acids is 1. The van der Waals surface area contributed by atoms with Crippen molar-refractivity contribution in [2.75, 3.05) is 11.9 Å². The third-order valence-corrected chi connectivity index (χ3v) is 6.53. The third kappa shape index (κ3) is 4.74. The number of nitrogens with one attached hydrogen (secondary N) is 2. The third-order valence-electron chi connectivity index (χ3n) is 6.53. The molecule has 1 aliphatic heterocycles. The quantitative estimate of drug-likeness (QED) is 0.470. The number of benzene rings is 2. The molecule has 1 amide bonds. The topological polar surface area (TPSA) is 70.6 Å². The Kier molecular flexibility index (Phi) is 6.35. The predicted molar refractivity (Wildman–Crippen MR) is 115 cm³/mol. The van der Waals surface area contributed by atoms with Crippen LogP contribution in [-0.4, -0.2) is 29.3 Å². The van der Waals surface area contributed by atoms with E-state index in [0.29, 0.717) is 24.3 Å². The van der Waals surface area contributed by atoms with Gasteiger partial charge in [-0.05, 0) is 60.2 Å². The first kappa shape index (κ1) is 25.1. The van der Waals surface area contributed by atoms with Crippen molar-refractivity contribution in [2.45, 2.75) is 49.1 Å². The molecular formula is C24H22F6N2O3. The lowest BCUT2D eigenvalue weighted by molar-refractivity contribution is -0.257. The van der Waals surface area contributed by atoms with Gasteiger partial charge in [-0.15, -0.1) is 0 Å². The molecule has 4 rings (SSSR count). The summed E-state index contributed by atoms with van der Waals surface area (Å²) in [4.78, 5) is 18.0. The van der Waals surface area contributed by atoms with Crippen molar-refractivity contribution in [2.24, 2.45) is 0 Å². The van der Waals surface area contributed by atoms with Gasteiger partial charge in [0.25, 0.3) is 5.91 Å². The summed E-state index contributed by atoms with van der Waals surface area (Å²) < 4.78 is 83.2. The first-order valence-electron chi connectivity index (χ1n) is 10.8. The molecule has 0 saturated heterocycles. The standard InChI is InChI=1S/C24H22F6N2O3/c25-23(26,27)18-5-2-1-4-17(18)21(11-3-12-21)14-22(34,24(28,29)30)20(33)32-16-8-6-15(7-9-16)19-10-13-31-35-19/h1-2,4-10,31,34H,3,11-14H2,(H,32,33). The van der Waals surface area contributed by atoms with Crippen LogP contribution < -0.4 is 10.8 Å². The summed E-state index contributed by atoms with van der Waals surface area (Å²) >= 11 is 0. The number of amides is 1. The maximum Gasteiger partial charge on any atom is 0.426 e. The molecule has 0 bridgehead atoms. The highest BCUT2D eigenvalue weighted by atomic mass is 19.4. The van der Waals surface area contributed by atoms with E-state index in [1.807, 2.05) is 0 Å². The van der Waals surface area contributed by atoms with Crippen LogP contribution in [0, 0.1) is 0 Å². The largest absolute Gasteiger partial charge is 0.426 e. The highest BCUT2D eigenvalue weighted by Gasteiger charge is 2.64. The fourth-order valence-corrected chi connectivity index (χ4v) is 4.56. The Morgan fingerprint density at radius 1 is 1.03 bits per heavy atom. The number of aliphatic hydroxyl groups is 1. The number of hydroxylamine groups is 1. The second-order valence-electron chi connectivity index (χ2n) is 8.76. The maximum atomic E-state index is 14.1. The van der Waals surface area contributed by atoms with Crippen LogP contribution in [0.5, 0.6) is 0 Å². The molecule has 5 nitrogen and oxygen atoms in total. The van der Waals surface area contributed by atoms with Crippen molar-refractivity contribution in [1.82, 2.24) is 5.48 Å². The number of anilines is 1. The fourth-order valence-electron chi connectivity index (χ4n) is 4.56. The van der Waals surface area contributed by atoms with Crippen LogP contribution >= 0.6 is 0 Å². The van der Waals surface area contributed by atoms with E-state index in [9.17, 15) is 36.2 Å². The Bertz CT molecular complexity index is 1120. The fraction of sp³-hybridized carbons (Fsp3) is 0.375. The lowest BCUT2D eigenvalue weighted by Gasteiger charge is -2.47. The molecule has 2 aliphatic rings. The van der Waals surface area contributed by atoms with E-state index in [-0.39, 0.29) is 24.1 Å². The van der Waals surface area contributed by atoms with Crippen LogP contribution in [0.3, 0.4) is 0 Å². The monoisotopic (exact) mass is 500 g/mol. The lowest BCUT2D eigenvalue weighted by atomic mass is 9.58. The highest BCUT2D eigenvalue weighted by molar-refractivity contribution is 5.98. The van der Waals surface area contributed by atoms with Gasteiger partial charge in [-0.25, -0.2) is 0 Å². The molecule has 35 heavy (non-hydrogen) atoms. The van der Waals surface area contributed by atoms with Crippen molar-refractivity contribution in [3.05, 3.63) is 71.3 Å². The van der Waals surface area contributed by atoms with Gasteiger partial charge in [0.1, 0.15) is 0 Å². The summed E-state index contributed by atoms with van der Waals surface area (Å²) in [5.41, 5.74) is -3.78. The van der Waals surface area contributed by atoms with Crippen LogP contribution in [0.1, 0.15) is 42.4 Å². The van der Waals surface area contributed by atoms with E-state index in [2.05, 4.69) is 10.8 Å². The van der Waals surface area contributed by atoms with Gasteiger partial charge in [0.15, 0.2) is 5.76 Å². The van der Waals surface area contributed by atoms with Gasteiger partial charge in [-0.1, -0.05) is 24.6 Å². The van der Waals surface area contributed by atoms with Gasteiger partial charge < -0.3 is 15.3 Å². The molecule has 1 heterocycles. The number of hydrogen-bond donors (Lipinski definition) is 3. The van der Waals surface area contributed by atoms with E-state index >= 15 is 0 Å².